The van der Waals surface area contributed by atoms with E-state index in [0.717, 1.165) is 16.8 Å². The zero-order chi connectivity index (χ0) is 14.6. The topological polar surface area (TPSA) is 34.4 Å². The summed E-state index contributed by atoms with van der Waals surface area (Å²) in [5.41, 5.74) is 2.60. The van der Waals surface area contributed by atoms with Gasteiger partial charge in [-0.3, -0.25) is 4.79 Å². The van der Waals surface area contributed by atoms with Crippen molar-refractivity contribution in [1.29, 1.82) is 0 Å². The van der Waals surface area contributed by atoms with E-state index in [1.807, 2.05) is 52.1 Å². The number of nitrogens with zero attached hydrogens (tertiary/aromatic N) is 2. The summed E-state index contributed by atoms with van der Waals surface area (Å²) < 4.78 is 1.80. The average molecular weight is 260 g/mol. The summed E-state index contributed by atoms with van der Waals surface area (Å²) in [6.45, 7) is 12.0. The van der Waals surface area contributed by atoms with Crippen LogP contribution in [0.4, 0.5) is 0 Å². The number of rotatable bonds is 3. The molecule has 0 saturated heterocycles. The molecule has 0 spiro atoms. The Hall–Kier alpha value is -1.64. The molecular formula is C16H24N2O. The molecule has 0 aliphatic carbocycles. The van der Waals surface area contributed by atoms with Crippen molar-refractivity contribution in [3.05, 3.63) is 35.7 Å². The first kappa shape index (κ1) is 15.4. The van der Waals surface area contributed by atoms with E-state index < -0.39 is 0 Å². The molecule has 0 atom stereocenters. The van der Waals surface area contributed by atoms with Gasteiger partial charge >= 0.3 is 0 Å². The summed E-state index contributed by atoms with van der Waals surface area (Å²) in [5.74, 6) is 0.434. The summed E-state index contributed by atoms with van der Waals surface area (Å²) >= 11 is 0. The number of pyridine rings is 1. The van der Waals surface area contributed by atoms with E-state index in [1.54, 1.807) is 4.52 Å². The molecule has 2 aromatic heterocycles. The highest BCUT2D eigenvalue weighted by Gasteiger charge is 2.22. The van der Waals surface area contributed by atoms with E-state index in [-0.39, 0.29) is 17.6 Å². The number of aromatic nitrogens is 2. The Bertz CT molecular complexity index is 553. The normalized spacial score (nSPS) is 10.7. The van der Waals surface area contributed by atoms with Crippen LogP contribution < -0.4 is 0 Å². The van der Waals surface area contributed by atoms with Gasteiger partial charge in [0.15, 0.2) is 5.78 Å². The van der Waals surface area contributed by atoms with Crippen molar-refractivity contribution in [3.63, 3.8) is 0 Å². The Morgan fingerprint density at radius 2 is 1.79 bits per heavy atom. The van der Waals surface area contributed by atoms with Crippen LogP contribution in [0.5, 0.6) is 0 Å². The van der Waals surface area contributed by atoms with Crippen LogP contribution >= 0.6 is 0 Å². The quantitative estimate of drug-likeness (QED) is 0.770. The molecule has 0 aliphatic rings. The lowest BCUT2D eigenvalue weighted by molar-refractivity contribution is 0.0939. The van der Waals surface area contributed by atoms with Crippen molar-refractivity contribution in [2.24, 2.45) is 5.92 Å². The van der Waals surface area contributed by atoms with Gasteiger partial charge in [-0.2, -0.15) is 5.10 Å². The number of Topliss-reactive ketones (excluding diaryl/α,β-unsaturated/α-hetero) is 1. The average Bonchev–Trinajstić information content (AvgIpc) is 2.79. The van der Waals surface area contributed by atoms with Gasteiger partial charge in [-0.1, -0.05) is 47.6 Å². The molecule has 19 heavy (non-hydrogen) atoms. The van der Waals surface area contributed by atoms with Gasteiger partial charge in [0.25, 0.3) is 0 Å². The molecule has 0 radical (unpaired) electrons. The highest BCUT2D eigenvalue weighted by molar-refractivity contribution is 6.04. The fourth-order valence-corrected chi connectivity index (χ4v) is 1.96. The van der Waals surface area contributed by atoms with Crippen molar-refractivity contribution in [1.82, 2.24) is 9.61 Å². The number of carbonyl (C=O) groups excluding carboxylic acids is 1. The molecule has 2 aromatic rings. The van der Waals surface area contributed by atoms with E-state index in [0.29, 0.717) is 0 Å². The Morgan fingerprint density at radius 3 is 2.32 bits per heavy atom. The highest BCUT2D eigenvalue weighted by Crippen LogP contribution is 2.25. The molecule has 0 aromatic carbocycles. The van der Waals surface area contributed by atoms with Crippen LogP contribution in [0.15, 0.2) is 24.4 Å². The smallest absolute Gasteiger partial charge is 0.169 e. The third-order valence-corrected chi connectivity index (χ3v) is 2.88. The van der Waals surface area contributed by atoms with E-state index in [1.165, 1.54) is 0 Å². The molecule has 3 heteroatoms. The van der Waals surface area contributed by atoms with E-state index >= 15 is 0 Å². The first-order valence-electron chi connectivity index (χ1n) is 7.03. The fraction of sp³-hybridized carbons (Fsp3) is 0.500. The van der Waals surface area contributed by atoms with Crippen molar-refractivity contribution in [3.8, 4) is 0 Å². The van der Waals surface area contributed by atoms with Crippen molar-refractivity contribution < 1.29 is 4.79 Å². The molecule has 0 saturated carbocycles. The minimum Gasteiger partial charge on any atom is -0.294 e. The molecular weight excluding hydrogens is 236 g/mol. The van der Waals surface area contributed by atoms with Crippen LogP contribution in [-0.2, 0) is 0 Å². The lowest BCUT2D eigenvalue weighted by Gasteiger charge is -2.07. The first-order chi connectivity index (χ1) is 9.02. The van der Waals surface area contributed by atoms with Crippen LogP contribution in [0.3, 0.4) is 0 Å². The third kappa shape index (κ3) is 3.03. The van der Waals surface area contributed by atoms with Gasteiger partial charge in [-0.15, -0.1) is 0 Å². The van der Waals surface area contributed by atoms with Gasteiger partial charge in [-0.25, -0.2) is 4.52 Å². The maximum Gasteiger partial charge on any atom is 0.169 e. The maximum atomic E-state index is 12.3. The summed E-state index contributed by atoms with van der Waals surface area (Å²) in [7, 11) is 0. The highest BCUT2D eigenvalue weighted by atomic mass is 16.1. The van der Waals surface area contributed by atoms with Crippen molar-refractivity contribution >= 4 is 11.3 Å². The number of ketones is 1. The summed E-state index contributed by atoms with van der Waals surface area (Å²) in [4.78, 5) is 12.3. The maximum absolute atomic E-state index is 12.3. The molecule has 0 bridgehead atoms. The standard InChI is InChI=1S/C14H18N2O.C2H6/c1-9(2)13-12(14(17)10(3)4)11-7-5-6-8-16(11)15-13;1-2/h5-10H,1-4H3;1-2H3. The molecule has 0 aliphatic heterocycles. The molecule has 0 fully saturated rings. The molecule has 3 nitrogen and oxygen atoms in total. The van der Waals surface area contributed by atoms with E-state index in [9.17, 15) is 4.79 Å². The second-order valence-electron chi connectivity index (χ2n) is 4.96. The zero-order valence-corrected chi connectivity index (χ0v) is 12.8. The largest absolute Gasteiger partial charge is 0.294 e. The van der Waals surface area contributed by atoms with Crippen LogP contribution in [0, 0.1) is 5.92 Å². The van der Waals surface area contributed by atoms with E-state index in [4.69, 9.17) is 0 Å². The van der Waals surface area contributed by atoms with Gasteiger partial charge in [0.2, 0.25) is 0 Å². The van der Waals surface area contributed by atoms with Gasteiger partial charge < -0.3 is 0 Å². The number of carbonyl (C=O) groups is 1. The number of hydrogen-bond donors (Lipinski definition) is 0. The van der Waals surface area contributed by atoms with Crippen LogP contribution in [0.1, 0.15) is 63.5 Å². The van der Waals surface area contributed by atoms with Crippen LogP contribution in [0.2, 0.25) is 0 Å². The number of hydrogen-bond acceptors (Lipinski definition) is 2. The summed E-state index contributed by atoms with van der Waals surface area (Å²) in [5, 5.41) is 4.51. The fourth-order valence-electron chi connectivity index (χ4n) is 1.96. The lowest BCUT2D eigenvalue weighted by atomic mass is 9.95. The summed E-state index contributed by atoms with van der Waals surface area (Å²) in [6, 6.07) is 5.82. The predicted molar refractivity (Wildman–Crippen MR) is 79.8 cm³/mol. The Balaban J connectivity index is 0.000000861. The molecule has 0 N–H and O–H groups in total. The molecule has 0 unspecified atom stereocenters. The van der Waals surface area contributed by atoms with Gasteiger partial charge in [0, 0.05) is 12.1 Å². The second-order valence-corrected chi connectivity index (χ2v) is 4.96. The van der Waals surface area contributed by atoms with Gasteiger partial charge in [-0.05, 0) is 18.1 Å². The Kier molecular flexibility index (Phi) is 5.28. The lowest BCUT2D eigenvalue weighted by Crippen LogP contribution is -2.10. The third-order valence-electron chi connectivity index (χ3n) is 2.88. The van der Waals surface area contributed by atoms with Gasteiger partial charge in [0.05, 0.1) is 16.8 Å². The number of fused-ring (bicyclic) bond motifs is 1. The molecule has 2 heterocycles. The Morgan fingerprint density at radius 1 is 1.16 bits per heavy atom. The second kappa shape index (κ2) is 6.50. The van der Waals surface area contributed by atoms with Gasteiger partial charge in [0.1, 0.15) is 0 Å². The van der Waals surface area contributed by atoms with Crippen LogP contribution in [0.25, 0.3) is 5.52 Å². The van der Waals surface area contributed by atoms with Crippen molar-refractivity contribution in [2.45, 2.75) is 47.5 Å². The Labute approximate surface area is 115 Å². The minimum atomic E-state index is 0.000654. The molecule has 104 valence electrons. The first-order valence-corrected chi connectivity index (χ1v) is 7.03. The monoisotopic (exact) mass is 260 g/mol. The predicted octanol–water partition coefficient (Wildman–Crippen LogP) is 4.32. The minimum absolute atomic E-state index is 0.000654. The molecule has 2 rings (SSSR count). The molecule has 0 amide bonds. The summed E-state index contributed by atoms with van der Waals surface area (Å²) in [6.07, 6.45) is 1.89. The van der Waals surface area contributed by atoms with Crippen LogP contribution in [-0.4, -0.2) is 15.4 Å². The van der Waals surface area contributed by atoms with E-state index in [2.05, 4.69) is 18.9 Å². The SMILES string of the molecule is CC.CC(C)C(=O)c1c(C(C)C)nn2ccccc12. The van der Waals surface area contributed by atoms with Crippen molar-refractivity contribution in [2.75, 3.05) is 0 Å². The zero-order valence-electron chi connectivity index (χ0n) is 12.8.